The highest BCUT2D eigenvalue weighted by Crippen LogP contribution is 2.35. The first-order valence-corrected chi connectivity index (χ1v) is 7.99. The predicted octanol–water partition coefficient (Wildman–Crippen LogP) is 4.58. The molecule has 0 aliphatic carbocycles. The molecule has 0 bridgehead atoms. The van der Waals surface area contributed by atoms with Crippen molar-refractivity contribution in [3.63, 3.8) is 0 Å². The predicted molar refractivity (Wildman–Crippen MR) is 82.4 cm³/mol. The quantitative estimate of drug-likeness (QED) is 0.877. The molecule has 1 saturated heterocycles. The Hall–Kier alpha value is -0.610. The summed E-state index contributed by atoms with van der Waals surface area (Å²) in [5.41, 5.74) is 1.86. The van der Waals surface area contributed by atoms with Crippen LogP contribution in [-0.2, 0) is 0 Å². The van der Waals surface area contributed by atoms with E-state index in [9.17, 15) is 0 Å². The fraction of sp³-hybridized carbons (Fsp3) is 0.357. The summed E-state index contributed by atoms with van der Waals surface area (Å²) in [4.78, 5) is 4.75. The van der Waals surface area contributed by atoms with Crippen molar-refractivity contribution in [2.75, 3.05) is 13.1 Å². The number of nitrogens with one attached hydrogen (secondary N) is 1. The molecule has 0 spiro atoms. The van der Waals surface area contributed by atoms with Crippen molar-refractivity contribution < 1.29 is 0 Å². The lowest BCUT2D eigenvalue weighted by Crippen LogP contribution is -2.26. The van der Waals surface area contributed by atoms with Gasteiger partial charge in [0.1, 0.15) is 0 Å². The lowest BCUT2D eigenvalue weighted by Gasteiger charge is -2.20. The highest BCUT2D eigenvalue weighted by Gasteiger charge is 2.19. The zero-order chi connectivity index (χ0) is 13.2. The monoisotopic (exact) mass is 312 g/mol. The molecule has 100 valence electrons. The van der Waals surface area contributed by atoms with Gasteiger partial charge in [-0.2, -0.15) is 0 Å². The largest absolute Gasteiger partial charge is 0.317 e. The van der Waals surface area contributed by atoms with Gasteiger partial charge in [-0.25, -0.2) is 4.98 Å². The maximum Gasteiger partial charge on any atom is 0.0964 e. The third-order valence-electron chi connectivity index (χ3n) is 3.41. The lowest BCUT2D eigenvalue weighted by atomic mass is 9.99. The van der Waals surface area contributed by atoms with Crippen LogP contribution >= 0.6 is 34.5 Å². The Morgan fingerprint density at radius 1 is 1.21 bits per heavy atom. The first-order chi connectivity index (χ1) is 9.24. The Morgan fingerprint density at radius 2 is 2.00 bits per heavy atom. The molecule has 1 fully saturated rings. The molecule has 0 radical (unpaired) electrons. The molecule has 3 rings (SSSR count). The van der Waals surface area contributed by atoms with Gasteiger partial charge >= 0.3 is 0 Å². The van der Waals surface area contributed by atoms with Crippen molar-refractivity contribution in [1.82, 2.24) is 10.3 Å². The van der Waals surface area contributed by atoms with Gasteiger partial charge in [0.2, 0.25) is 0 Å². The summed E-state index contributed by atoms with van der Waals surface area (Å²) in [6, 6.07) is 5.50. The molecule has 0 atom stereocenters. The van der Waals surface area contributed by atoms with Gasteiger partial charge in [-0.15, -0.1) is 11.3 Å². The number of hydrogen-bond donors (Lipinski definition) is 1. The first kappa shape index (κ1) is 13.4. The summed E-state index contributed by atoms with van der Waals surface area (Å²) in [5, 5.41) is 8.06. The van der Waals surface area contributed by atoms with Crippen molar-refractivity contribution in [2.45, 2.75) is 18.8 Å². The Morgan fingerprint density at radius 3 is 2.79 bits per heavy atom. The molecule has 2 nitrogen and oxygen atoms in total. The van der Waals surface area contributed by atoms with E-state index in [1.165, 1.54) is 5.01 Å². The highest BCUT2D eigenvalue weighted by molar-refractivity contribution is 7.10. The van der Waals surface area contributed by atoms with Crippen LogP contribution < -0.4 is 5.32 Å². The maximum atomic E-state index is 6.22. The van der Waals surface area contributed by atoms with Crippen LogP contribution in [0, 0.1) is 0 Å². The van der Waals surface area contributed by atoms with E-state index in [0.29, 0.717) is 16.0 Å². The van der Waals surface area contributed by atoms with Crippen LogP contribution in [0.3, 0.4) is 0 Å². The summed E-state index contributed by atoms with van der Waals surface area (Å²) < 4.78 is 0. The average molecular weight is 313 g/mol. The molecule has 1 aliphatic heterocycles. The van der Waals surface area contributed by atoms with Gasteiger partial charge in [-0.05, 0) is 44.1 Å². The molecule has 0 saturated carbocycles. The Balaban J connectivity index is 1.89. The van der Waals surface area contributed by atoms with Crippen LogP contribution in [0.15, 0.2) is 23.6 Å². The molecule has 19 heavy (non-hydrogen) atoms. The third kappa shape index (κ3) is 2.95. The molecular weight excluding hydrogens is 299 g/mol. The molecular formula is C14H14Cl2N2S. The lowest BCUT2D eigenvalue weighted by molar-refractivity contribution is 0.459. The topological polar surface area (TPSA) is 24.9 Å². The Kier molecular flexibility index (Phi) is 4.08. The van der Waals surface area contributed by atoms with Crippen molar-refractivity contribution in [3.05, 3.63) is 38.6 Å². The van der Waals surface area contributed by atoms with Gasteiger partial charge in [-0.1, -0.05) is 23.2 Å². The Labute approximate surface area is 126 Å². The van der Waals surface area contributed by atoms with E-state index >= 15 is 0 Å². The number of aromatic nitrogens is 1. The van der Waals surface area contributed by atoms with Gasteiger partial charge in [-0.3, -0.25) is 0 Å². The van der Waals surface area contributed by atoms with E-state index in [1.54, 1.807) is 17.4 Å². The summed E-state index contributed by atoms with van der Waals surface area (Å²) in [7, 11) is 0. The van der Waals surface area contributed by atoms with Crippen LogP contribution in [0.1, 0.15) is 23.8 Å². The minimum atomic E-state index is 0.581. The third-order valence-corrected chi connectivity index (χ3v) is 4.99. The van der Waals surface area contributed by atoms with E-state index < -0.39 is 0 Å². The molecule has 1 N–H and O–H groups in total. The zero-order valence-electron chi connectivity index (χ0n) is 10.3. The molecule has 2 heterocycles. The fourth-order valence-corrected chi connectivity index (χ4v) is 3.74. The number of hydrogen-bond acceptors (Lipinski definition) is 3. The fourth-order valence-electron chi connectivity index (χ4n) is 2.36. The summed E-state index contributed by atoms with van der Waals surface area (Å²) >= 11 is 14.0. The van der Waals surface area contributed by atoms with Crippen molar-refractivity contribution in [1.29, 1.82) is 0 Å². The summed E-state index contributed by atoms with van der Waals surface area (Å²) in [6.45, 7) is 2.16. The summed E-state index contributed by atoms with van der Waals surface area (Å²) in [5.74, 6) is 0.581. The standard InChI is InChI=1S/C14H14Cl2N2S/c15-10-1-2-12(16)11(7-10)13-8-19-14(18-13)9-3-5-17-6-4-9/h1-2,7-9,17H,3-6H2. The van der Waals surface area contributed by atoms with E-state index in [1.807, 2.05) is 12.1 Å². The average Bonchev–Trinajstić information content (AvgIpc) is 2.92. The van der Waals surface area contributed by atoms with Crippen molar-refractivity contribution >= 4 is 34.5 Å². The number of benzene rings is 1. The Bertz CT molecular complexity index is 577. The number of nitrogens with zero attached hydrogens (tertiary/aromatic N) is 1. The van der Waals surface area contributed by atoms with E-state index in [0.717, 1.165) is 37.2 Å². The van der Waals surface area contributed by atoms with Gasteiger partial charge in [0.15, 0.2) is 0 Å². The SMILES string of the molecule is Clc1ccc(Cl)c(-c2csc(C3CCNCC3)n2)c1. The molecule has 0 amide bonds. The van der Waals surface area contributed by atoms with Gasteiger partial charge in [0.25, 0.3) is 0 Å². The number of piperidine rings is 1. The molecule has 1 aliphatic rings. The van der Waals surface area contributed by atoms with Crippen molar-refractivity contribution in [2.24, 2.45) is 0 Å². The second-order valence-electron chi connectivity index (χ2n) is 4.72. The summed E-state index contributed by atoms with van der Waals surface area (Å²) in [6.07, 6.45) is 2.33. The van der Waals surface area contributed by atoms with Crippen LogP contribution in [0.4, 0.5) is 0 Å². The smallest absolute Gasteiger partial charge is 0.0964 e. The van der Waals surface area contributed by atoms with Gasteiger partial charge in [0, 0.05) is 21.9 Å². The van der Waals surface area contributed by atoms with E-state index in [-0.39, 0.29) is 0 Å². The first-order valence-electron chi connectivity index (χ1n) is 6.35. The van der Waals surface area contributed by atoms with Crippen LogP contribution in [0.5, 0.6) is 0 Å². The number of thiazole rings is 1. The molecule has 0 unspecified atom stereocenters. The highest BCUT2D eigenvalue weighted by atomic mass is 35.5. The van der Waals surface area contributed by atoms with Crippen LogP contribution in [0.25, 0.3) is 11.3 Å². The normalized spacial score (nSPS) is 16.7. The molecule has 5 heteroatoms. The minimum Gasteiger partial charge on any atom is -0.317 e. The maximum absolute atomic E-state index is 6.22. The molecule has 2 aromatic rings. The van der Waals surface area contributed by atoms with Crippen molar-refractivity contribution in [3.8, 4) is 11.3 Å². The number of halogens is 2. The molecule has 1 aromatic heterocycles. The van der Waals surface area contributed by atoms with Gasteiger partial charge in [0.05, 0.1) is 15.7 Å². The van der Waals surface area contributed by atoms with E-state index in [4.69, 9.17) is 28.2 Å². The van der Waals surface area contributed by atoms with Crippen LogP contribution in [-0.4, -0.2) is 18.1 Å². The molecule has 1 aromatic carbocycles. The van der Waals surface area contributed by atoms with Gasteiger partial charge < -0.3 is 5.32 Å². The van der Waals surface area contributed by atoms with E-state index in [2.05, 4.69) is 10.7 Å². The zero-order valence-corrected chi connectivity index (χ0v) is 12.7. The second-order valence-corrected chi connectivity index (χ2v) is 6.45. The minimum absolute atomic E-state index is 0.581. The number of rotatable bonds is 2. The van der Waals surface area contributed by atoms with Crippen LogP contribution in [0.2, 0.25) is 10.0 Å². The second kappa shape index (κ2) is 5.80.